The number of halogens is 1. The summed E-state index contributed by atoms with van der Waals surface area (Å²) in [6.07, 6.45) is 1.18. The number of allylic oxidation sites excluding steroid dienone is 2. The minimum Gasteiger partial charge on any atom is -0.493 e. The Morgan fingerprint density at radius 3 is 2.12 bits per heavy atom. The van der Waals surface area contributed by atoms with Crippen molar-refractivity contribution in [3.05, 3.63) is 58.4 Å². The van der Waals surface area contributed by atoms with Crippen molar-refractivity contribution in [2.24, 2.45) is 5.92 Å². The Hall–Kier alpha value is -3.81. The standard InChI is InChI=1S/C24H23FO7/c1-12-16(7-13-8-19(30-2)23(32-4)20(9-13)31-3)15-6-5-14(25)10-17(15)22(12)18(24(28)29)11-21(26)27/h5-10,18H,11H2,1-4H3,(H,26,27)(H,28,29)/b16-7+. The predicted molar refractivity (Wildman–Crippen MR) is 116 cm³/mol. The van der Waals surface area contributed by atoms with Crippen molar-refractivity contribution in [2.45, 2.75) is 13.3 Å². The van der Waals surface area contributed by atoms with Crippen molar-refractivity contribution in [1.82, 2.24) is 0 Å². The molecular weight excluding hydrogens is 419 g/mol. The number of ether oxygens (including phenoxy) is 3. The van der Waals surface area contributed by atoms with E-state index in [1.807, 2.05) is 0 Å². The van der Waals surface area contributed by atoms with Crippen LogP contribution in [0.2, 0.25) is 0 Å². The van der Waals surface area contributed by atoms with E-state index in [0.29, 0.717) is 45.1 Å². The lowest BCUT2D eigenvalue weighted by Gasteiger charge is -2.14. The van der Waals surface area contributed by atoms with Gasteiger partial charge in [-0.3, -0.25) is 9.59 Å². The van der Waals surface area contributed by atoms with Gasteiger partial charge < -0.3 is 24.4 Å². The van der Waals surface area contributed by atoms with Crippen molar-refractivity contribution in [1.29, 1.82) is 0 Å². The van der Waals surface area contributed by atoms with Crippen LogP contribution in [0.15, 0.2) is 35.9 Å². The van der Waals surface area contributed by atoms with Crippen molar-refractivity contribution in [3.63, 3.8) is 0 Å². The van der Waals surface area contributed by atoms with Crippen LogP contribution >= 0.6 is 0 Å². The summed E-state index contributed by atoms with van der Waals surface area (Å²) in [7, 11) is 4.48. The van der Waals surface area contributed by atoms with E-state index in [9.17, 15) is 24.2 Å². The predicted octanol–water partition coefficient (Wildman–Crippen LogP) is 4.35. The third kappa shape index (κ3) is 4.16. The lowest BCUT2D eigenvalue weighted by molar-refractivity contribution is -0.146. The molecule has 1 atom stereocenters. The number of carbonyl (C=O) groups is 2. The number of methoxy groups -OCH3 is 3. The highest BCUT2D eigenvalue weighted by Gasteiger charge is 2.34. The maximum atomic E-state index is 14.1. The molecule has 2 aromatic carbocycles. The summed E-state index contributed by atoms with van der Waals surface area (Å²) in [5.41, 5.74) is 3.16. The van der Waals surface area contributed by atoms with Crippen LogP contribution in [0.1, 0.15) is 30.0 Å². The van der Waals surface area contributed by atoms with Gasteiger partial charge >= 0.3 is 11.9 Å². The molecule has 0 saturated carbocycles. The van der Waals surface area contributed by atoms with Gasteiger partial charge in [0.15, 0.2) is 11.5 Å². The zero-order valence-electron chi connectivity index (χ0n) is 18.1. The van der Waals surface area contributed by atoms with E-state index < -0.39 is 30.1 Å². The van der Waals surface area contributed by atoms with Crippen LogP contribution in [0, 0.1) is 11.7 Å². The van der Waals surface area contributed by atoms with Crippen molar-refractivity contribution < 1.29 is 38.4 Å². The summed E-state index contributed by atoms with van der Waals surface area (Å²) in [5.74, 6) is -3.10. The Bertz CT molecular complexity index is 1120. The molecule has 0 spiro atoms. The highest BCUT2D eigenvalue weighted by atomic mass is 19.1. The summed E-state index contributed by atoms with van der Waals surface area (Å²) < 4.78 is 30.2. The summed E-state index contributed by atoms with van der Waals surface area (Å²) in [6.45, 7) is 1.70. The first-order valence-electron chi connectivity index (χ1n) is 9.69. The second-order valence-electron chi connectivity index (χ2n) is 7.23. The van der Waals surface area contributed by atoms with Crippen LogP contribution in [-0.2, 0) is 9.59 Å². The quantitative estimate of drug-likeness (QED) is 0.626. The van der Waals surface area contributed by atoms with Gasteiger partial charge in [-0.1, -0.05) is 6.07 Å². The maximum Gasteiger partial charge on any atom is 0.311 e. The lowest BCUT2D eigenvalue weighted by Crippen LogP contribution is -2.19. The van der Waals surface area contributed by atoms with Gasteiger partial charge in [0.25, 0.3) is 0 Å². The fourth-order valence-corrected chi connectivity index (χ4v) is 4.00. The fourth-order valence-electron chi connectivity index (χ4n) is 4.00. The van der Waals surface area contributed by atoms with E-state index in [0.717, 1.165) is 0 Å². The minimum absolute atomic E-state index is 0.285. The van der Waals surface area contributed by atoms with Crippen molar-refractivity contribution in [2.75, 3.05) is 21.3 Å². The van der Waals surface area contributed by atoms with Crippen LogP contribution < -0.4 is 14.2 Å². The number of benzene rings is 2. The third-order valence-corrected chi connectivity index (χ3v) is 5.39. The van der Waals surface area contributed by atoms with Crippen LogP contribution in [0.4, 0.5) is 4.39 Å². The molecule has 3 rings (SSSR count). The third-order valence-electron chi connectivity index (χ3n) is 5.39. The Kier molecular flexibility index (Phi) is 6.53. The second-order valence-corrected chi connectivity index (χ2v) is 7.23. The Labute approximate surface area is 184 Å². The molecule has 2 N–H and O–H groups in total. The van der Waals surface area contributed by atoms with Gasteiger partial charge in [0.1, 0.15) is 5.82 Å². The number of aliphatic carboxylic acids is 2. The number of carboxylic acids is 2. The van der Waals surface area contributed by atoms with Crippen LogP contribution in [-0.4, -0.2) is 43.5 Å². The van der Waals surface area contributed by atoms with Gasteiger partial charge in [-0.15, -0.1) is 0 Å². The van der Waals surface area contributed by atoms with Gasteiger partial charge in [0.05, 0.1) is 33.7 Å². The summed E-state index contributed by atoms with van der Waals surface area (Å²) in [6, 6.07) is 7.54. The summed E-state index contributed by atoms with van der Waals surface area (Å²) >= 11 is 0. The molecule has 0 aromatic heterocycles. The normalized spacial score (nSPS) is 14.8. The average molecular weight is 442 g/mol. The van der Waals surface area contributed by atoms with E-state index in [-0.39, 0.29) is 5.57 Å². The lowest BCUT2D eigenvalue weighted by atomic mass is 9.89. The molecule has 0 amide bonds. The molecule has 0 radical (unpaired) electrons. The molecule has 0 heterocycles. The van der Waals surface area contributed by atoms with Gasteiger partial charge in [0, 0.05) is 0 Å². The Morgan fingerprint density at radius 1 is 1.00 bits per heavy atom. The molecule has 7 nitrogen and oxygen atoms in total. The molecule has 1 aliphatic carbocycles. The Balaban J connectivity index is 2.25. The minimum atomic E-state index is -1.32. The second kappa shape index (κ2) is 9.13. The van der Waals surface area contributed by atoms with E-state index in [1.165, 1.54) is 33.5 Å². The number of carboxylic acid groups (broad SMARTS) is 2. The van der Waals surface area contributed by atoms with Crippen molar-refractivity contribution in [3.8, 4) is 17.2 Å². The molecule has 1 aliphatic rings. The van der Waals surface area contributed by atoms with Gasteiger partial charge in [-0.2, -0.15) is 0 Å². The topological polar surface area (TPSA) is 102 Å². The molecule has 1 unspecified atom stereocenters. The van der Waals surface area contributed by atoms with E-state index in [2.05, 4.69) is 0 Å². The monoisotopic (exact) mass is 442 g/mol. The molecule has 168 valence electrons. The smallest absolute Gasteiger partial charge is 0.311 e. The van der Waals surface area contributed by atoms with Gasteiger partial charge in [-0.25, -0.2) is 4.39 Å². The number of hydrogen-bond acceptors (Lipinski definition) is 5. The van der Waals surface area contributed by atoms with Crippen molar-refractivity contribution >= 4 is 29.2 Å². The molecule has 0 saturated heterocycles. The molecule has 8 heteroatoms. The average Bonchev–Trinajstić information content (AvgIpc) is 3.01. The van der Waals surface area contributed by atoms with E-state index in [4.69, 9.17) is 14.2 Å². The van der Waals surface area contributed by atoms with E-state index in [1.54, 1.807) is 31.2 Å². The maximum absolute atomic E-state index is 14.1. The van der Waals surface area contributed by atoms with Gasteiger partial charge in [-0.05, 0) is 70.7 Å². The number of fused-ring (bicyclic) bond motifs is 1. The van der Waals surface area contributed by atoms with Crippen LogP contribution in [0.25, 0.3) is 17.2 Å². The molecule has 0 bridgehead atoms. The molecule has 0 fully saturated rings. The zero-order chi connectivity index (χ0) is 23.6. The fraction of sp³-hybridized carbons (Fsp3) is 0.250. The van der Waals surface area contributed by atoms with E-state index >= 15 is 0 Å². The van der Waals surface area contributed by atoms with Crippen LogP contribution in [0.5, 0.6) is 17.2 Å². The van der Waals surface area contributed by atoms with Crippen LogP contribution in [0.3, 0.4) is 0 Å². The number of hydrogen-bond donors (Lipinski definition) is 2. The number of rotatable bonds is 8. The summed E-state index contributed by atoms with van der Waals surface area (Å²) in [5, 5.41) is 18.9. The first-order chi connectivity index (χ1) is 15.2. The molecule has 0 aliphatic heterocycles. The first kappa shape index (κ1) is 22.9. The highest BCUT2D eigenvalue weighted by Crippen LogP contribution is 2.47. The highest BCUT2D eigenvalue weighted by molar-refractivity contribution is 6.09. The molecule has 2 aromatic rings. The molecular formula is C24H23FO7. The largest absolute Gasteiger partial charge is 0.493 e. The molecule has 32 heavy (non-hydrogen) atoms. The first-order valence-corrected chi connectivity index (χ1v) is 9.69. The van der Waals surface area contributed by atoms with Gasteiger partial charge in [0.2, 0.25) is 5.75 Å². The Morgan fingerprint density at radius 2 is 1.62 bits per heavy atom. The summed E-state index contributed by atoms with van der Waals surface area (Å²) in [4.78, 5) is 23.2. The zero-order valence-corrected chi connectivity index (χ0v) is 18.1. The SMILES string of the molecule is COc1cc(/C=C2\C(C)=C(C(CC(=O)O)C(=O)O)c3cc(F)ccc32)cc(OC)c1OC.